The molecule has 3 atom stereocenters. The van der Waals surface area contributed by atoms with Gasteiger partial charge in [-0.15, -0.1) is 0 Å². The maximum Gasteiger partial charge on any atom is 0.254 e. The first-order chi connectivity index (χ1) is 22.0. The Labute approximate surface area is 261 Å². The lowest BCUT2D eigenvalue weighted by Crippen LogP contribution is -2.41. The van der Waals surface area contributed by atoms with Gasteiger partial charge in [0, 0.05) is 60.3 Å². The third-order valence-corrected chi connectivity index (χ3v) is 10.5. The molecule has 45 heavy (non-hydrogen) atoms. The number of pyridine rings is 1. The number of likely N-dealkylation sites (tertiary alicyclic amines) is 1. The zero-order chi connectivity index (χ0) is 30.4. The number of piperidine rings is 1. The molecule has 2 N–H and O–H groups in total. The number of nitrogens with zero attached hydrogens (tertiary/aromatic N) is 5. The number of hydrogen-bond donors (Lipinski definition) is 1. The van der Waals surface area contributed by atoms with Crippen LogP contribution in [0.4, 0.5) is 0 Å². The fourth-order valence-electron chi connectivity index (χ4n) is 7.90. The van der Waals surface area contributed by atoms with Gasteiger partial charge < -0.3 is 24.5 Å². The van der Waals surface area contributed by atoms with Crippen LogP contribution in [0.25, 0.3) is 55.5 Å². The van der Waals surface area contributed by atoms with Crippen molar-refractivity contribution in [1.82, 2.24) is 24.0 Å². The number of ether oxygens (including phenoxy) is 1. The maximum atomic E-state index is 13.7. The molecule has 6 aromatic rings. The van der Waals surface area contributed by atoms with Gasteiger partial charge in [-0.2, -0.15) is 0 Å². The zero-order valence-corrected chi connectivity index (χ0v) is 25.6. The molecule has 3 aromatic heterocycles. The van der Waals surface area contributed by atoms with Gasteiger partial charge in [0.2, 0.25) is 0 Å². The molecule has 2 aliphatic carbocycles. The summed E-state index contributed by atoms with van der Waals surface area (Å²) in [4.78, 5) is 25.4. The lowest BCUT2D eigenvalue weighted by atomic mass is 10.0. The van der Waals surface area contributed by atoms with Crippen molar-refractivity contribution in [2.24, 2.45) is 24.6 Å². The minimum Gasteiger partial charge on any atom is -0.494 e. The number of fused-ring (bicyclic) bond motifs is 5. The van der Waals surface area contributed by atoms with Gasteiger partial charge in [0.1, 0.15) is 11.3 Å². The van der Waals surface area contributed by atoms with Crippen molar-refractivity contribution >= 4 is 38.7 Å². The second kappa shape index (κ2) is 9.91. The molecule has 2 bridgehead atoms. The fourth-order valence-corrected chi connectivity index (χ4v) is 7.90. The Hall–Kier alpha value is -4.69. The predicted molar refractivity (Wildman–Crippen MR) is 177 cm³/mol. The molecule has 8 heteroatoms. The van der Waals surface area contributed by atoms with Crippen molar-refractivity contribution < 1.29 is 9.53 Å². The van der Waals surface area contributed by atoms with Crippen molar-refractivity contribution in [3.8, 4) is 28.4 Å². The molecule has 8 nitrogen and oxygen atoms in total. The number of methoxy groups -OCH3 is 1. The van der Waals surface area contributed by atoms with E-state index in [1.54, 1.807) is 7.11 Å². The van der Waals surface area contributed by atoms with E-state index >= 15 is 0 Å². The third-order valence-electron chi connectivity index (χ3n) is 10.5. The van der Waals surface area contributed by atoms with E-state index in [2.05, 4.69) is 62.6 Å². The molecule has 226 valence electrons. The number of aryl methyl sites for hydroxylation is 1. The fraction of sp³-hybridized carbons (Fsp3) is 0.324. The number of aromatic nitrogens is 4. The Morgan fingerprint density at radius 2 is 1.80 bits per heavy atom. The molecule has 1 amide bonds. The Kier molecular flexibility index (Phi) is 5.88. The summed E-state index contributed by atoms with van der Waals surface area (Å²) in [6.07, 6.45) is 6.43. The van der Waals surface area contributed by atoms with E-state index in [1.165, 1.54) is 34.9 Å². The van der Waals surface area contributed by atoms with Crippen LogP contribution in [0.5, 0.6) is 5.75 Å². The molecule has 0 unspecified atom stereocenters. The van der Waals surface area contributed by atoms with E-state index in [0.717, 1.165) is 59.4 Å². The van der Waals surface area contributed by atoms with E-state index in [-0.39, 0.29) is 18.0 Å². The average Bonchev–Trinajstić information content (AvgIpc) is 3.47. The molecule has 9 rings (SSSR count). The summed E-state index contributed by atoms with van der Waals surface area (Å²) in [5.41, 5.74) is 14.3. The van der Waals surface area contributed by atoms with E-state index in [0.29, 0.717) is 23.1 Å². The van der Waals surface area contributed by atoms with Gasteiger partial charge in [0.05, 0.1) is 23.8 Å². The summed E-state index contributed by atoms with van der Waals surface area (Å²) < 4.78 is 10.4. The highest BCUT2D eigenvalue weighted by Gasteiger charge is 2.47. The highest BCUT2D eigenvalue weighted by molar-refractivity contribution is 6.01. The summed E-state index contributed by atoms with van der Waals surface area (Å²) in [6.45, 7) is 1.68. The first-order valence-electron chi connectivity index (χ1n) is 16.1. The lowest BCUT2D eigenvalue weighted by molar-refractivity contribution is 0.0700. The first-order valence-corrected chi connectivity index (χ1v) is 16.1. The number of rotatable bonds is 6. The third kappa shape index (κ3) is 4.19. The number of carbonyl (C=O) groups is 1. The topological polar surface area (TPSA) is 91.2 Å². The van der Waals surface area contributed by atoms with Crippen LogP contribution in [0.2, 0.25) is 0 Å². The van der Waals surface area contributed by atoms with Crippen LogP contribution in [-0.2, 0) is 13.6 Å². The smallest absolute Gasteiger partial charge is 0.254 e. The molecular formula is C37H36N6O2. The summed E-state index contributed by atoms with van der Waals surface area (Å²) in [6, 6.07) is 23.6. The minimum absolute atomic E-state index is 0.0184. The number of hydrogen-bond acceptors (Lipinski definition) is 5. The number of nitrogens with two attached hydrogens (primary N) is 1. The monoisotopic (exact) mass is 596 g/mol. The maximum absolute atomic E-state index is 13.7. The summed E-state index contributed by atoms with van der Waals surface area (Å²) in [5, 5.41) is 2.32. The molecule has 1 saturated heterocycles. The number of amides is 1. The van der Waals surface area contributed by atoms with Gasteiger partial charge in [0.15, 0.2) is 5.82 Å². The van der Waals surface area contributed by atoms with Crippen molar-refractivity contribution in [1.29, 1.82) is 0 Å². The van der Waals surface area contributed by atoms with Crippen LogP contribution in [-0.4, -0.2) is 55.6 Å². The van der Waals surface area contributed by atoms with Crippen LogP contribution in [0, 0.1) is 11.8 Å². The molecule has 4 heterocycles. The SMILES string of the molecule is COc1cc(C(=O)N2C[C@H]3CC[C@@H]2[C@@H]3N)cc2nc(-c3cc4ccc(-c5ccc6ncccc6c5)cc4n3CC3CC3)n(C)c12. The number of benzene rings is 3. The average molecular weight is 597 g/mol. The van der Waals surface area contributed by atoms with Gasteiger partial charge in [0.25, 0.3) is 5.91 Å². The normalized spacial score (nSPS) is 21.0. The van der Waals surface area contributed by atoms with Crippen LogP contribution in [0.15, 0.2) is 72.9 Å². The van der Waals surface area contributed by atoms with Gasteiger partial charge in [-0.3, -0.25) is 9.78 Å². The van der Waals surface area contributed by atoms with Crippen LogP contribution >= 0.6 is 0 Å². The van der Waals surface area contributed by atoms with Gasteiger partial charge in [-0.05, 0) is 91.1 Å². The predicted octanol–water partition coefficient (Wildman–Crippen LogP) is 6.39. The molecule has 3 aliphatic rings. The summed E-state index contributed by atoms with van der Waals surface area (Å²) in [7, 11) is 3.71. The highest BCUT2D eigenvalue weighted by atomic mass is 16.5. The molecule has 0 spiro atoms. The van der Waals surface area contributed by atoms with Crippen molar-refractivity contribution in [2.75, 3.05) is 13.7 Å². The Morgan fingerprint density at radius 1 is 0.956 bits per heavy atom. The van der Waals surface area contributed by atoms with Crippen molar-refractivity contribution in [2.45, 2.75) is 44.3 Å². The van der Waals surface area contributed by atoms with Crippen molar-refractivity contribution in [3.05, 3.63) is 78.5 Å². The van der Waals surface area contributed by atoms with Crippen LogP contribution in [0.3, 0.4) is 0 Å². The van der Waals surface area contributed by atoms with E-state index in [1.807, 2.05) is 36.3 Å². The Morgan fingerprint density at radius 3 is 2.58 bits per heavy atom. The first kappa shape index (κ1) is 26.7. The molecule has 2 saturated carbocycles. The van der Waals surface area contributed by atoms with E-state index in [9.17, 15) is 4.79 Å². The quantitative estimate of drug-likeness (QED) is 0.241. The van der Waals surface area contributed by atoms with E-state index < -0.39 is 0 Å². The molecule has 3 fully saturated rings. The minimum atomic E-state index is 0.0184. The van der Waals surface area contributed by atoms with E-state index in [4.69, 9.17) is 15.5 Å². The summed E-state index contributed by atoms with van der Waals surface area (Å²) in [5.74, 6) is 2.61. The molecule has 1 aliphatic heterocycles. The van der Waals surface area contributed by atoms with Gasteiger partial charge in [-0.1, -0.05) is 24.3 Å². The van der Waals surface area contributed by atoms with Gasteiger partial charge >= 0.3 is 0 Å². The molecule has 0 radical (unpaired) electrons. The second-order valence-corrected chi connectivity index (χ2v) is 13.2. The summed E-state index contributed by atoms with van der Waals surface area (Å²) >= 11 is 0. The second-order valence-electron chi connectivity index (χ2n) is 13.2. The van der Waals surface area contributed by atoms with Crippen LogP contribution < -0.4 is 10.5 Å². The molecule has 3 aromatic carbocycles. The highest BCUT2D eigenvalue weighted by Crippen LogP contribution is 2.41. The zero-order valence-electron chi connectivity index (χ0n) is 25.6. The van der Waals surface area contributed by atoms with Crippen LogP contribution in [0.1, 0.15) is 36.0 Å². The number of carbonyl (C=O) groups excluding carboxylic acids is 1. The Bertz CT molecular complexity index is 2160. The lowest BCUT2D eigenvalue weighted by Gasteiger charge is -2.27. The van der Waals surface area contributed by atoms with Gasteiger partial charge in [-0.25, -0.2) is 4.98 Å². The largest absolute Gasteiger partial charge is 0.494 e. The number of imidazole rings is 1. The standard InChI is InChI=1S/C37H36N6O2/c1-41-35-29(15-27(18-33(35)45-2)37(44)43-20-26-10-12-30(43)34(26)38)40-36(41)32-17-25-8-7-23(16-31(25)42(32)19-21-5-6-21)22-9-11-28-24(14-22)4-3-13-39-28/h3-4,7-9,11,13-18,21,26,30,34H,5-6,10,12,19-20,38H2,1-2H3/t26-,30-,34-/m1/s1. The Balaban J connectivity index is 1.15. The molecular weight excluding hydrogens is 560 g/mol. The van der Waals surface area contributed by atoms with Crippen molar-refractivity contribution in [3.63, 3.8) is 0 Å².